The maximum atomic E-state index is 13.6. The van der Waals surface area contributed by atoms with Crippen LogP contribution in [0.15, 0.2) is 30.3 Å². The number of halogens is 3. The smallest absolute Gasteiger partial charge is 0.138 e. The first-order valence-corrected chi connectivity index (χ1v) is 6.74. The summed E-state index contributed by atoms with van der Waals surface area (Å²) in [5.74, 6) is 0.177. The van der Waals surface area contributed by atoms with Crippen molar-refractivity contribution < 1.29 is 9.13 Å². The van der Waals surface area contributed by atoms with E-state index in [0.717, 1.165) is 0 Å². The molecule has 0 saturated carbocycles. The molecule has 1 unspecified atom stereocenters. The molecule has 5 heteroatoms. The second-order valence-electron chi connectivity index (χ2n) is 4.49. The Bertz CT molecular complexity index is 646. The van der Waals surface area contributed by atoms with E-state index in [1.165, 1.54) is 13.2 Å². The van der Waals surface area contributed by atoms with Gasteiger partial charge < -0.3 is 10.5 Å². The van der Waals surface area contributed by atoms with Crippen molar-refractivity contribution in [1.29, 1.82) is 0 Å². The van der Waals surface area contributed by atoms with Gasteiger partial charge in [0.1, 0.15) is 11.6 Å². The van der Waals surface area contributed by atoms with Crippen molar-refractivity contribution in [2.45, 2.75) is 13.0 Å². The number of rotatable bonds is 3. The molecule has 2 nitrogen and oxygen atoms in total. The zero-order valence-corrected chi connectivity index (χ0v) is 12.6. The van der Waals surface area contributed by atoms with E-state index in [0.29, 0.717) is 32.5 Å². The summed E-state index contributed by atoms with van der Waals surface area (Å²) in [5, 5.41) is 0.842. The molecule has 0 aromatic heterocycles. The number of hydrogen-bond acceptors (Lipinski definition) is 2. The lowest BCUT2D eigenvalue weighted by molar-refractivity contribution is 0.415. The van der Waals surface area contributed by atoms with E-state index in [2.05, 4.69) is 0 Å². The number of benzene rings is 2. The Morgan fingerprint density at radius 1 is 1.15 bits per heavy atom. The molecule has 0 saturated heterocycles. The van der Waals surface area contributed by atoms with Crippen LogP contribution in [0.4, 0.5) is 4.39 Å². The third kappa shape index (κ3) is 2.90. The Kier molecular flexibility index (Phi) is 4.53. The number of hydrogen-bond donors (Lipinski definition) is 1. The lowest BCUT2D eigenvalue weighted by Gasteiger charge is -2.16. The second kappa shape index (κ2) is 6.00. The predicted octanol–water partition coefficient (Wildman–Crippen LogP) is 4.50. The summed E-state index contributed by atoms with van der Waals surface area (Å²) >= 11 is 12.3. The highest BCUT2D eigenvalue weighted by molar-refractivity contribution is 6.34. The van der Waals surface area contributed by atoms with Gasteiger partial charge in [0, 0.05) is 11.1 Å². The standard InChI is InChI=1S/C15H14Cl2FNO/c1-8-3-4-9(5-13(8)18)15(19)10-6-12(17)14(20-2)7-11(10)16/h3-7,15H,19H2,1-2H3. The first kappa shape index (κ1) is 15.1. The molecule has 0 spiro atoms. The number of ether oxygens (including phenoxy) is 1. The van der Waals surface area contributed by atoms with E-state index >= 15 is 0 Å². The monoisotopic (exact) mass is 313 g/mol. The fourth-order valence-electron chi connectivity index (χ4n) is 1.92. The normalized spacial score (nSPS) is 12.3. The quantitative estimate of drug-likeness (QED) is 0.905. The van der Waals surface area contributed by atoms with Crippen LogP contribution in [0, 0.1) is 12.7 Å². The molecule has 20 heavy (non-hydrogen) atoms. The highest BCUT2D eigenvalue weighted by atomic mass is 35.5. The molecular formula is C15H14Cl2FNO. The average molecular weight is 314 g/mol. The van der Waals surface area contributed by atoms with Crippen LogP contribution in [-0.4, -0.2) is 7.11 Å². The van der Waals surface area contributed by atoms with Gasteiger partial charge in [-0.25, -0.2) is 4.39 Å². The SMILES string of the molecule is COc1cc(Cl)c(C(N)c2ccc(C)c(F)c2)cc1Cl. The van der Waals surface area contributed by atoms with Gasteiger partial charge in [-0.15, -0.1) is 0 Å². The van der Waals surface area contributed by atoms with E-state index < -0.39 is 6.04 Å². The van der Waals surface area contributed by atoms with E-state index in [1.54, 1.807) is 31.2 Å². The molecule has 0 amide bonds. The van der Waals surface area contributed by atoms with Crippen LogP contribution in [0.1, 0.15) is 22.7 Å². The average Bonchev–Trinajstić information content (AvgIpc) is 2.43. The number of methoxy groups -OCH3 is 1. The van der Waals surface area contributed by atoms with Crippen molar-refractivity contribution in [1.82, 2.24) is 0 Å². The molecule has 0 aliphatic heterocycles. The molecule has 0 heterocycles. The highest BCUT2D eigenvalue weighted by Gasteiger charge is 2.16. The van der Waals surface area contributed by atoms with Gasteiger partial charge in [0.05, 0.1) is 18.2 Å². The predicted molar refractivity (Wildman–Crippen MR) is 80.2 cm³/mol. The van der Waals surface area contributed by atoms with Crippen LogP contribution in [0.2, 0.25) is 10.0 Å². The molecule has 0 radical (unpaired) electrons. The molecule has 2 rings (SSSR count). The first-order valence-electron chi connectivity index (χ1n) is 5.98. The second-order valence-corrected chi connectivity index (χ2v) is 5.31. The topological polar surface area (TPSA) is 35.2 Å². The maximum absolute atomic E-state index is 13.6. The van der Waals surface area contributed by atoms with Crippen molar-refractivity contribution in [3.8, 4) is 5.75 Å². The van der Waals surface area contributed by atoms with Gasteiger partial charge in [0.25, 0.3) is 0 Å². The fourth-order valence-corrected chi connectivity index (χ4v) is 2.44. The van der Waals surface area contributed by atoms with Gasteiger partial charge in [0.2, 0.25) is 0 Å². The van der Waals surface area contributed by atoms with E-state index in [4.69, 9.17) is 33.7 Å². The Labute approximate surface area is 127 Å². The minimum Gasteiger partial charge on any atom is -0.495 e. The molecule has 2 aromatic carbocycles. The van der Waals surface area contributed by atoms with Gasteiger partial charge in [-0.05, 0) is 35.7 Å². The van der Waals surface area contributed by atoms with Crippen LogP contribution in [0.3, 0.4) is 0 Å². The Hall–Kier alpha value is -1.29. The molecule has 0 aliphatic carbocycles. The van der Waals surface area contributed by atoms with Crippen LogP contribution in [0.25, 0.3) is 0 Å². The molecule has 2 N–H and O–H groups in total. The van der Waals surface area contributed by atoms with Gasteiger partial charge in [-0.2, -0.15) is 0 Å². The number of aryl methyl sites for hydroxylation is 1. The summed E-state index contributed by atoms with van der Waals surface area (Å²) in [6.45, 7) is 1.70. The summed E-state index contributed by atoms with van der Waals surface area (Å²) in [7, 11) is 1.51. The summed E-state index contributed by atoms with van der Waals surface area (Å²) in [6.07, 6.45) is 0. The molecule has 0 bridgehead atoms. The number of nitrogens with two attached hydrogens (primary N) is 1. The van der Waals surface area contributed by atoms with E-state index in [1.807, 2.05) is 0 Å². The van der Waals surface area contributed by atoms with Crippen molar-refractivity contribution in [2.24, 2.45) is 5.73 Å². The molecule has 0 fully saturated rings. The van der Waals surface area contributed by atoms with Crippen molar-refractivity contribution >= 4 is 23.2 Å². The van der Waals surface area contributed by atoms with E-state index in [9.17, 15) is 4.39 Å². The Morgan fingerprint density at radius 3 is 2.45 bits per heavy atom. The third-order valence-electron chi connectivity index (χ3n) is 3.16. The third-order valence-corrected chi connectivity index (χ3v) is 3.78. The molecule has 106 valence electrons. The van der Waals surface area contributed by atoms with Crippen LogP contribution < -0.4 is 10.5 Å². The van der Waals surface area contributed by atoms with Gasteiger partial charge in [0.15, 0.2) is 0 Å². The van der Waals surface area contributed by atoms with E-state index in [-0.39, 0.29) is 5.82 Å². The zero-order valence-electron chi connectivity index (χ0n) is 11.1. The summed E-state index contributed by atoms with van der Waals surface area (Å²) in [6, 6.07) is 7.56. The van der Waals surface area contributed by atoms with Gasteiger partial charge in [-0.3, -0.25) is 0 Å². The van der Waals surface area contributed by atoms with Gasteiger partial charge in [-0.1, -0.05) is 35.3 Å². The largest absolute Gasteiger partial charge is 0.495 e. The highest BCUT2D eigenvalue weighted by Crippen LogP contribution is 2.35. The summed E-state index contributed by atoms with van der Waals surface area (Å²) < 4.78 is 18.7. The van der Waals surface area contributed by atoms with Crippen LogP contribution >= 0.6 is 23.2 Å². The maximum Gasteiger partial charge on any atom is 0.138 e. The van der Waals surface area contributed by atoms with Crippen molar-refractivity contribution in [3.63, 3.8) is 0 Å². The Morgan fingerprint density at radius 2 is 1.85 bits per heavy atom. The molecule has 1 atom stereocenters. The minimum atomic E-state index is -0.555. The minimum absolute atomic E-state index is 0.298. The lowest BCUT2D eigenvalue weighted by atomic mass is 9.98. The van der Waals surface area contributed by atoms with Gasteiger partial charge >= 0.3 is 0 Å². The molecule has 0 aliphatic rings. The van der Waals surface area contributed by atoms with Crippen molar-refractivity contribution in [2.75, 3.05) is 7.11 Å². The summed E-state index contributed by atoms with van der Waals surface area (Å²) in [4.78, 5) is 0. The van der Waals surface area contributed by atoms with Crippen molar-refractivity contribution in [3.05, 3.63) is 62.9 Å². The van der Waals surface area contributed by atoms with Crippen LogP contribution in [0.5, 0.6) is 5.75 Å². The Balaban J connectivity index is 2.45. The summed E-state index contributed by atoms with van der Waals surface area (Å²) in [5.41, 5.74) is 7.98. The first-order chi connectivity index (χ1) is 9.43. The lowest BCUT2D eigenvalue weighted by Crippen LogP contribution is -2.13. The molecular weight excluding hydrogens is 300 g/mol. The van der Waals surface area contributed by atoms with Crippen LogP contribution in [-0.2, 0) is 0 Å². The molecule has 2 aromatic rings. The zero-order chi connectivity index (χ0) is 14.9. The fraction of sp³-hybridized carbons (Fsp3) is 0.200.